The summed E-state index contributed by atoms with van der Waals surface area (Å²) in [5.41, 5.74) is 1.12. The quantitative estimate of drug-likeness (QED) is 0.341. The molecule has 1 aromatic rings. The van der Waals surface area contributed by atoms with Gasteiger partial charge in [0.2, 0.25) is 0 Å². The van der Waals surface area contributed by atoms with Gasteiger partial charge < -0.3 is 24.8 Å². The Labute approximate surface area is 169 Å². The molecule has 28 heavy (non-hydrogen) atoms. The molecule has 7 nitrogen and oxygen atoms in total. The first-order valence-electron chi connectivity index (χ1n) is 10.2. The summed E-state index contributed by atoms with van der Waals surface area (Å²) in [6, 6.07) is 8.77. The van der Waals surface area contributed by atoms with Crippen LogP contribution >= 0.6 is 0 Å². The second-order valence-electron chi connectivity index (χ2n) is 6.93. The van der Waals surface area contributed by atoms with E-state index in [4.69, 9.17) is 14.2 Å². The van der Waals surface area contributed by atoms with Crippen molar-refractivity contribution in [1.29, 1.82) is 0 Å². The second-order valence-corrected chi connectivity index (χ2v) is 6.93. The average molecular weight is 393 g/mol. The molecular weight excluding hydrogens is 356 g/mol. The van der Waals surface area contributed by atoms with Gasteiger partial charge in [0.25, 0.3) is 0 Å². The molecule has 2 rings (SSSR count). The molecule has 1 fully saturated rings. The molecular formula is C21H36N4O3. The van der Waals surface area contributed by atoms with Crippen molar-refractivity contribution in [3.63, 3.8) is 0 Å². The third-order valence-corrected chi connectivity index (χ3v) is 4.79. The predicted octanol–water partition coefficient (Wildman–Crippen LogP) is 1.88. The molecule has 1 saturated heterocycles. The Bertz CT molecular complexity index is 577. The number of benzene rings is 1. The smallest absolute Gasteiger partial charge is 0.191 e. The third-order valence-electron chi connectivity index (χ3n) is 4.79. The molecule has 0 aliphatic carbocycles. The van der Waals surface area contributed by atoms with Gasteiger partial charge >= 0.3 is 0 Å². The molecule has 7 heteroatoms. The zero-order chi connectivity index (χ0) is 20.0. The molecule has 0 unspecified atom stereocenters. The summed E-state index contributed by atoms with van der Waals surface area (Å²) in [7, 11) is 3.86. The van der Waals surface area contributed by atoms with E-state index in [1.165, 1.54) is 0 Å². The van der Waals surface area contributed by atoms with Crippen molar-refractivity contribution in [2.45, 2.75) is 32.4 Å². The van der Waals surface area contributed by atoms with Crippen LogP contribution in [0.25, 0.3) is 0 Å². The van der Waals surface area contributed by atoms with E-state index in [0.29, 0.717) is 25.8 Å². The molecule has 0 aromatic heterocycles. The predicted molar refractivity (Wildman–Crippen MR) is 113 cm³/mol. The van der Waals surface area contributed by atoms with Gasteiger partial charge in [0, 0.05) is 46.0 Å². The summed E-state index contributed by atoms with van der Waals surface area (Å²) in [6.07, 6.45) is 2.22. The van der Waals surface area contributed by atoms with Crippen molar-refractivity contribution in [1.82, 2.24) is 15.5 Å². The standard InChI is InChI=1S/C21H36N4O3/c1-4-22-21(23-10-14-26-3)24-17-18-6-5-7-20(16-18)28-15-11-25(2)19-8-12-27-13-9-19/h5-7,16,19H,4,8-15,17H2,1-3H3,(H2,22,23,24). The average Bonchev–Trinajstić information content (AvgIpc) is 2.73. The summed E-state index contributed by atoms with van der Waals surface area (Å²) >= 11 is 0. The summed E-state index contributed by atoms with van der Waals surface area (Å²) in [6.45, 7) is 8.19. The van der Waals surface area contributed by atoms with Crippen LogP contribution in [0.4, 0.5) is 0 Å². The van der Waals surface area contributed by atoms with Crippen LogP contribution in [0.5, 0.6) is 5.75 Å². The number of aliphatic imine (C=N–C) groups is 1. The van der Waals surface area contributed by atoms with Gasteiger partial charge in [-0.3, -0.25) is 4.90 Å². The highest BCUT2D eigenvalue weighted by molar-refractivity contribution is 5.79. The van der Waals surface area contributed by atoms with Crippen LogP contribution < -0.4 is 15.4 Å². The molecule has 0 radical (unpaired) electrons. The van der Waals surface area contributed by atoms with Crippen LogP contribution in [0, 0.1) is 0 Å². The van der Waals surface area contributed by atoms with E-state index in [2.05, 4.69) is 46.6 Å². The number of likely N-dealkylation sites (N-methyl/N-ethyl adjacent to an activating group) is 1. The van der Waals surface area contributed by atoms with Crippen LogP contribution in [0.3, 0.4) is 0 Å². The maximum absolute atomic E-state index is 5.97. The molecule has 158 valence electrons. The van der Waals surface area contributed by atoms with Crippen LogP contribution in [0.2, 0.25) is 0 Å². The van der Waals surface area contributed by atoms with Gasteiger partial charge in [-0.25, -0.2) is 4.99 Å². The molecule has 1 aliphatic heterocycles. The second kappa shape index (κ2) is 13.4. The Kier molecular flexibility index (Phi) is 10.7. The van der Waals surface area contributed by atoms with Gasteiger partial charge in [0.15, 0.2) is 5.96 Å². The van der Waals surface area contributed by atoms with E-state index in [0.717, 1.165) is 63.0 Å². The number of nitrogens with one attached hydrogen (secondary N) is 2. The first-order chi connectivity index (χ1) is 13.7. The number of rotatable bonds is 11. The first-order valence-corrected chi connectivity index (χ1v) is 10.2. The summed E-state index contributed by atoms with van der Waals surface area (Å²) in [4.78, 5) is 7.01. The zero-order valence-electron chi connectivity index (χ0n) is 17.6. The Morgan fingerprint density at radius 1 is 1.25 bits per heavy atom. The normalized spacial score (nSPS) is 15.6. The van der Waals surface area contributed by atoms with Crippen molar-refractivity contribution in [3.05, 3.63) is 29.8 Å². The van der Waals surface area contributed by atoms with E-state index in [1.807, 2.05) is 12.1 Å². The summed E-state index contributed by atoms with van der Waals surface area (Å²) < 4.78 is 16.5. The SMILES string of the molecule is CCNC(=NCc1cccc(OCCN(C)C2CCOCC2)c1)NCCOC. The topological polar surface area (TPSA) is 67.4 Å². The molecule has 0 atom stereocenters. The lowest BCUT2D eigenvalue weighted by atomic mass is 10.1. The minimum atomic E-state index is 0.599. The van der Waals surface area contributed by atoms with Crippen LogP contribution in [0.15, 0.2) is 29.3 Å². The van der Waals surface area contributed by atoms with E-state index in [9.17, 15) is 0 Å². The van der Waals surface area contributed by atoms with E-state index in [-0.39, 0.29) is 0 Å². The van der Waals surface area contributed by atoms with Crippen molar-refractivity contribution in [2.75, 3.05) is 60.2 Å². The van der Waals surface area contributed by atoms with Crippen molar-refractivity contribution in [2.24, 2.45) is 4.99 Å². The fourth-order valence-corrected chi connectivity index (χ4v) is 3.13. The highest BCUT2D eigenvalue weighted by atomic mass is 16.5. The number of hydrogen-bond acceptors (Lipinski definition) is 5. The monoisotopic (exact) mass is 392 g/mol. The number of guanidine groups is 1. The van der Waals surface area contributed by atoms with Crippen molar-refractivity contribution >= 4 is 5.96 Å². The molecule has 2 N–H and O–H groups in total. The molecule has 0 amide bonds. The van der Waals surface area contributed by atoms with Crippen LogP contribution in [-0.4, -0.2) is 77.1 Å². The molecule has 0 bridgehead atoms. The third kappa shape index (κ3) is 8.46. The molecule has 1 heterocycles. The summed E-state index contributed by atoms with van der Waals surface area (Å²) in [5, 5.41) is 6.49. The fraction of sp³-hybridized carbons (Fsp3) is 0.667. The van der Waals surface area contributed by atoms with E-state index >= 15 is 0 Å². The van der Waals surface area contributed by atoms with Gasteiger partial charge in [-0.2, -0.15) is 0 Å². The summed E-state index contributed by atoms with van der Waals surface area (Å²) in [5.74, 6) is 1.69. The number of hydrogen-bond donors (Lipinski definition) is 2. The van der Waals surface area contributed by atoms with Crippen LogP contribution in [0.1, 0.15) is 25.3 Å². The molecule has 0 saturated carbocycles. The largest absolute Gasteiger partial charge is 0.492 e. The Morgan fingerprint density at radius 3 is 2.82 bits per heavy atom. The van der Waals surface area contributed by atoms with Crippen LogP contribution in [-0.2, 0) is 16.0 Å². The van der Waals surface area contributed by atoms with Crippen molar-refractivity contribution < 1.29 is 14.2 Å². The Balaban J connectivity index is 1.79. The van der Waals surface area contributed by atoms with Gasteiger partial charge in [0.1, 0.15) is 12.4 Å². The first kappa shape index (κ1) is 22.5. The lowest BCUT2D eigenvalue weighted by molar-refractivity contribution is 0.0392. The Hall–Kier alpha value is -1.83. The number of methoxy groups -OCH3 is 1. The van der Waals surface area contributed by atoms with Crippen molar-refractivity contribution in [3.8, 4) is 5.75 Å². The van der Waals surface area contributed by atoms with Gasteiger partial charge in [-0.15, -0.1) is 0 Å². The molecule has 1 aromatic carbocycles. The lowest BCUT2D eigenvalue weighted by Crippen LogP contribution is -2.38. The number of nitrogens with zero attached hydrogens (tertiary/aromatic N) is 2. The molecule has 0 spiro atoms. The highest BCUT2D eigenvalue weighted by Crippen LogP contribution is 2.15. The van der Waals surface area contributed by atoms with E-state index in [1.54, 1.807) is 7.11 Å². The van der Waals surface area contributed by atoms with E-state index < -0.39 is 0 Å². The minimum Gasteiger partial charge on any atom is -0.492 e. The van der Waals surface area contributed by atoms with Gasteiger partial charge in [0.05, 0.1) is 13.2 Å². The fourth-order valence-electron chi connectivity index (χ4n) is 3.13. The number of ether oxygens (including phenoxy) is 3. The van der Waals surface area contributed by atoms with Gasteiger partial charge in [-0.1, -0.05) is 12.1 Å². The maximum Gasteiger partial charge on any atom is 0.191 e. The van der Waals surface area contributed by atoms with Gasteiger partial charge in [-0.05, 0) is 44.5 Å². The Morgan fingerprint density at radius 2 is 2.07 bits per heavy atom. The molecule has 1 aliphatic rings. The zero-order valence-corrected chi connectivity index (χ0v) is 17.6. The lowest BCUT2D eigenvalue weighted by Gasteiger charge is -2.31. The minimum absolute atomic E-state index is 0.599. The highest BCUT2D eigenvalue weighted by Gasteiger charge is 2.17. The maximum atomic E-state index is 5.97.